The quantitative estimate of drug-likeness (QED) is 0.0199. The highest BCUT2D eigenvalue weighted by Crippen LogP contribution is 2.28. The fraction of sp³-hybridized carbons (Fsp3) is 0.379. The summed E-state index contributed by atoms with van der Waals surface area (Å²) in [6.07, 6.45) is 8.84. The number of para-hydroxylation sites is 4. The lowest BCUT2D eigenvalue weighted by molar-refractivity contribution is -0.145. The third-order valence-corrected chi connectivity index (χ3v) is 17.2. The average molecular weight is 1230 g/mol. The molecule has 24 nitrogen and oxygen atoms in total. The molecule has 8 aromatic rings. The summed E-state index contributed by atoms with van der Waals surface area (Å²) in [7, 11) is 0. The summed E-state index contributed by atoms with van der Waals surface area (Å²) in [6, 6.07) is 20.4. The van der Waals surface area contributed by atoms with E-state index >= 15 is 19.2 Å². The van der Waals surface area contributed by atoms with Crippen LogP contribution in [0.1, 0.15) is 81.0 Å². The lowest BCUT2D eigenvalue weighted by atomic mass is 10.00. The molecule has 10 rings (SSSR count). The minimum atomic E-state index is -1.35. The molecule has 7 amide bonds. The minimum Gasteiger partial charge on any atom is -0.480 e. The van der Waals surface area contributed by atoms with Crippen molar-refractivity contribution in [2.24, 2.45) is 28.1 Å². The Morgan fingerprint density at radius 2 is 0.889 bits per heavy atom. The molecule has 90 heavy (non-hydrogen) atoms. The van der Waals surface area contributed by atoms with E-state index in [0.717, 1.165) is 43.6 Å². The largest absolute Gasteiger partial charge is 0.480 e. The Labute approximate surface area is 519 Å². The number of amides is 7. The van der Waals surface area contributed by atoms with Gasteiger partial charge in [-0.05, 0) is 97.4 Å². The molecule has 0 radical (unpaired) electrons. The van der Waals surface area contributed by atoms with Crippen LogP contribution < -0.4 is 43.8 Å². The number of likely N-dealkylation sites (tertiary alicyclic amines) is 2. The van der Waals surface area contributed by atoms with Crippen molar-refractivity contribution in [2.45, 2.75) is 133 Å². The summed E-state index contributed by atoms with van der Waals surface area (Å²) in [5.74, 6) is -5.71. The molecule has 6 heterocycles. The number of carbonyl (C=O) groups excluding carboxylic acids is 7. The molecule has 472 valence electrons. The number of benzene rings is 4. The number of aromatic amines is 4. The normalized spacial score (nSPS) is 17.0. The Balaban J connectivity index is 0.924. The SMILES string of the molecule is CC(C)C[C@H](N)C(=O)N[C@@H](CCCN=C(N)N)C(=O)N[C@@H](Cc1c[nH]c2ccccc12)C(=O)N1CCC[C@H]1C(=O)N[C@@H](Cc1c[nH]c2ccccc12)C(=O)N[C@@H](Cc1c[nH]c2ccccc12)C(=O)N1CCC[C@H]1C(=O)N[C@@H](Cc1c[nH]c2ccccc12)C(=O)O. The number of carboxylic acid groups (broad SMARTS) is 1. The van der Waals surface area contributed by atoms with Gasteiger partial charge < -0.3 is 78.6 Å². The maximum Gasteiger partial charge on any atom is 0.326 e. The van der Waals surface area contributed by atoms with Crippen LogP contribution in [-0.4, -0.2) is 156 Å². The summed E-state index contributed by atoms with van der Waals surface area (Å²) in [4.78, 5) is 136. The summed E-state index contributed by atoms with van der Waals surface area (Å²) >= 11 is 0. The van der Waals surface area contributed by atoms with E-state index in [4.69, 9.17) is 17.2 Å². The predicted octanol–water partition coefficient (Wildman–Crippen LogP) is 3.80. The van der Waals surface area contributed by atoms with Crippen molar-refractivity contribution in [2.75, 3.05) is 19.6 Å². The molecule has 2 saturated heterocycles. The van der Waals surface area contributed by atoms with E-state index in [1.807, 2.05) is 111 Å². The molecule has 16 N–H and O–H groups in total. The molecule has 8 atom stereocenters. The van der Waals surface area contributed by atoms with Gasteiger partial charge in [0.25, 0.3) is 0 Å². The van der Waals surface area contributed by atoms with Gasteiger partial charge in [-0.1, -0.05) is 86.6 Å². The third-order valence-electron chi connectivity index (χ3n) is 17.2. The zero-order chi connectivity index (χ0) is 63.6. The molecule has 4 aromatic carbocycles. The Bertz CT molecular complexity index is 3950. The molecular formula is C66H79N15O9. The Kier molecular flexibility index (Phi) is 19.9. The maximum atomic E-state index is 15.4. The topological polar surface area (TPSA) is 377 Å². The van der Waals surface area contributed by atoms with Crippen LogP contribution in [0.25, 0.3) is 43.6 Å². The molecule has 2 aliphatic rings. The second-order valence-electron chi connectivity index (χ2n) is 24.0. The van der Waals surface area contributed by atoms with Gasteiger partial charge in [-0.15, -0.1) is 0 Å². The molecule has 2 aliphatic heterocycles. The monoisotopic (exact) mass is 1230 g/mol. The Morgan fingerprint density at radius 3 is 1.29 bits per heavy atom. The molecule has 0 unspecified atom stereocenters. The maximum absolute atomic E-state index is 15.4. The van der Waals surface area contributed by atoms with Crippen LogP contribution >= 0.6 is 0 Å². The number of carboxylic acids is 1. The first-order valence-corrected chi connectivity index (χ1v) is 30.8. The second-order valence-corrected chi connectivity index (χ2v) is 24.0. The lowest BCUT2D eigenvalue weighted by Gasteiger charge is -2.32. The van der Waals surface area contributed by atoms with Crippen molar-refractivity contribution < 1.29 is 43.5 Å². The molecule has 24 heteroatoms. The number of aliphatic carboxylic acids is 1. The van der Waals surface area contributed by atoms with Crippen LogP contribution in [-0.2, 0) is 64.0 Å². The fourth-order valence-corrected chi connectivity index (χ4v) is 12.6. The zero-order valence-corrected chi connectivity index (χ0v) is 50.4. The van der Waals surface area contributed by atoms with Gasteiger partial charge in [0.1, 0.15) is 42.3 Å². The van der Waals surface area contributed by atoms with Crippen LogP contribution in [0.2, 0.25) is 0 Å². The van der Waals surface area contributed by atoms with Crippen molar-refractivity contribution in [3.05, 3.63) is 144 Å². The Morgan fingerprint density at radius 1 is 0.522 bits per heavy atom. The average Bonchev–Trinajstić information content (AvgIpc) is 2.07. The van der Waals surface area contributed by atoms with Crippen molar-refractivity contribution in [3.8, 4) is 0 Å². The number of carbonyl (C=O) groups is 8. The molecule has 0 spiro atoms. The highest BCUT2D eigenvalue weighted by Gasteiger charge is 2.43. The van der Waals surface area contributed by atoms with E-state index in [1.54, 1.807) is 24.8 Å². The van der Waals surface area contributed by atoms with Gasteiger partial charge in [-0.3, -0.25) is 38.6 Å². The van der Waals surface area contributed by atoms with Gasteiger partial charge in [-0.2, -0.15) is 0 Å². The first-order valence-electron chi connectivity index (χ1n) is 30.8. The molecular weight excluding hydrogens is 1150 g/mol. The summed E-state index contributed by atoms with van der Waals surface area (Å²) < 4.78 is 0. The van der Waals surface area contributed by atoms with Crippen LogP contribution in [0.5, 0.6) is 0 Å². The van der Waals surface area contributed by atoms with E-state index in [1.165, 1.54) is 9.80 Å². The van der Waals surface area contributed by atoms with Crippen LogP contribution in [0.3, 0.4) is 0 Å². The van der Waals surface area contributed by atoms with Crippen molar-refractivity contribution in [1.82, 2.24) is 56.3 Å². The van der Waals surface area contributed by atoms with E-state index < -0.39 is 95.7 Å². The molecule has 0 aliphatic carbocycles. The molecule has 2 fully saturated rings. The van der Waals surface area contributed by atoms with Crippen LogP contribution in [0, 0.1) is 5.92 Å². The fourth-order valence-electron chi connectivity index (χ4n) is 12.6. The standard InChI is InChI=1S/C66H79N15O9/c1-37(2)28-46(67)58(82)75-51(22-11-25-70-66(68)69)59(83)77-53(30-39-34-72-48-19-8-4-15-43(39)48)63(87)80-26-12-23-56(80)61(85)76-52(29-38-33-71-47-18-7-3-14-42(38)47)60(84)78-54(31-40-35-73-49-20-9-5-16-44(40)49)64(88)81-27-13-24-57(81)62(86)79-55(65(89)90)32-41-36-74-50-21-10-6-17-45(41)50/h3-10,14-21,33-37,46,51-57,71-74H,11-13,22-32,67H2,1-2H3,(H,75,82)(H,76,85)(H,77,83)(H,78,84)(H,79,86)(H,89,90)(H4,68,69,70)/t46-,51-,52-,53-,54-,55-,56-,57-/m0/s1. The number of rotatable bonds is 27. The number of hydrogen-bond acceptors (Lipinski definition) is 10. The molecule has 0 bridgehead atoms. The Hall–Kier alpha value is -9.97. The van der Waals surface area contributed by atoms with Crippen molar-refractivity contribution in [3.63, 3.8) is 0 Å². The van der Waals surface area contributed by atoms with Gasteiger partial charge in [-0.25, -0.2) is 4.79 Å². The number of guanidine groups is 1. The number of hydrogen-bond donors (Lipinski definition) is 13. The van der Waals surface area contributed by atoms with Gasteiger partial charge in [0, 0.05) is 114 Å². The minimum absolute atomic E-state index is 0.0108. The van der Waals surface area contributed by atoms with Gasteiger partial charge in [0.2, 0.25) is 41.4 Å². The van der Waals surface area contributed by atoms with E-state index in [0.29, 0.717) is 41.5 Å². The summed E-state index contributed by atoms with van der Waals surface area (Å²) in [5, 5.41) is 28.1. The van der Waals surface area contributed by atoms with Crippen molar-refractivity contribution in [1.29, 1.82) is 0 Å². The first kappa shape index (κ1) is 63.1. The van der Waals surface area contributed by atoms with Crippen molar-refractivity contribution >= 4 is 96.9 Å². The number of aromatic nitrogens is 4. The number of fused-ring (bicyclic) bond motifs is 4. The van der Waals surface area contributed by atoms with Gasteiger partial charge in [0.15, 0.2) is 5.96 Å². The van der Waals surface area contributed by atoms with E-state index in [2.05, 4.69) is 51.5 Å². The highest BCUT2D eigenvalue weighted by molar-refractivity contribution is 6.00. The number of nitrogens with two attached hydrogens (primary N) is 3. The third kappa shape index (κ3) is 14.8. The number of nitrogens with zero attached hydrogens (tertiary/aromatic N) is 3. The second kappa shape index (κ2) is 28.5. The van der Waals surface area contributed by atoms with Crippen LogP contribution in [0.15, 0.2) is 127 Å². The zero-order valence-electron chi connectivity index (χ0n) is 50.4. The van der Waals surface area contributed by atoms with Gasteiger partial charge >= 0.3 is 5.97 Å². The summed E-state index contributed by atoms with van der Waals surface area (Å²) in [6.45, 7) is 4.28. The number of H-pyrrole nitrogens is 4. The first-order chi connectivity index (χ1) is 43.4. The van der Waals surface area contributed by atoms with Gasteiger partial charge in [0.05, 0.1) is 6.04 Å². The lowest BCUT2D eigenvalue weighted by Crippen LogP contribution is -2.60. The smallest absolute Gasteiger partial charge is 0.326 e. The highest BCUT2D eigenvalue weighted by atomic mass is 16.4. The number of nitrogens with one attached hydrogen (secondary N) is 9. The molecule has 4 aromatic heterocycles. The molecule has 0 saturated carbocycles. The van der Waals surface area contributed by atoms with E-state index in [-0.39, 0.29) is 82.9 Å². The summed E-state index contributed by atoms with van der Waals surface area (Å²) in [5.41, 5.74) is 23.4. The van der Waals surface area contributed by atoms with E-state index in [9.17, 15) is 24.3 Å². The van der Waals surface area contributed by atoms with Crippen LogP contribution in [0.4, 0.5) is 0 Å². The predicted molar refractivity (Wildman–Crippen MR) is 342 cm³/mol. The number of aliphatic imine (C=N–C) groups is 1.